The summed E-state index contributed by atoms with van der Waals surface area (Å²) in [6, 6.07) is 3.67. The molecule has 0 aromatic carbocycles. The Hall–Kier alpha value is -2.55. The molecule has 8 nitrogen and oxygen atoms in total. The predicted octanol–water partition coefficient (Wildman–Crippen LogP) is 3.49. The van der Waals surface area contributed by atoms with Gasteiger partial charge >= 0.3 is 6.09 Å². The normalized spacial score (nSPS) is 16.3. The topological polar surface area (TPSA) is 106 Å². The zero-order valence-corrected chi connectivity index (χ0v) is 18.1. The number of aromatic nitrogens is 3. The lowest BCUT2D eigenvalue weighted by Gasteiger charge is -2.40. The van der Waals surface area contributed by atoms with E-state index in [0.29, 0.717) is 5.82 Å². The van der Waals surface area contributed by atoms with Gasteiger partial charge in [0.1, 0.15) is 22.3 Å². The molecule has 0 unspecified atom stereocenters. The molecule has 9 heteroatoms. The number of nitrogens with zero attached hydrogens (tertiary/aromatic N) is 4. The van der Waals surface area contributed by atoms with Crippen molar-refractivity contribution in [2.45, 2.75) is 61.6 Å². The van der Waals surface area contributed by atoms with E-state index < -0.39 is 5.60 Å². The fraction of sp³-hybridized carbons (Fsp3) is 0.500. The molecule has 29 heavy (non-hydrogen) atoms. The minimum Gasteiger partial charge on any atom is -0.444 e. The van der Waals surface area contributed by atoms with Crippen LogP contribution >= 0.6 is 11.8 Å². The van der Waals surface area contributed by atoms with E-state index >= 15 is 0 Å². The van der Waals surface area contributed by atoms with Crippen molar-refractivity contribution in [1.29, 1.82) is 0 Å². The van der Waals surface area contributed by atoms with Crippen molar-refractivity contribution in [3.05, 3.63) is 30.7 Å². The van der Waals surface area contributed by atoms with Crippen LogP contribution in [0.25, 0.3) is 0 Å². The zero-order valence-electron chi connectivity index (χ0n) is 17.3. The summed E-state index contributed by atoms with van der Waals surface area (Å²) in [7, 11) is 0. The van der Waals surface area contributed by atoms with Crippen molar-refractivity contribution in [2.24, 2.45) is 0 Å². The number of piperidine rings is 1. The highest BCUT2D eigenvalue weighted by Gasteiger charge is 2.33. The molecule has 0 atom stereocenters. The number of rotatable bonds is 4. The number of anilines is 2. The Balaban J connectivity index is 1.54. The van der Waals surface area contributed by atoms with Gasteiger partial charge in [0.2, 0.25) is 0 Å². The number of carbonyl (C=O) groups excluding carboxylic acids is 1. The van der Waals surface area contributed by atoms with Gasteiger partial charge in [0.25, 0.3) is 0 Å². The van der Waals surface area contributed by atoms with E-state index in [1.807, 2.05) is 26.8 Å². The maximum Gasteiger partial charge on any atom is 0.408 e. The van der Waals surface area contributed by atoms with E-state index in [9.17, 15) is 4.79 Å². The number of pyridine rings is 1. The fourth-order valence-corrected chi connectivity index (χ4v) is 3.70. The Morgan fingerprint density at radius 2 is 1.90 bits per heavy atom. The molecule has 0 radical (unpaired) electrons. The van der Waals surface area contributed by atoms with Crippen molar-refractivity contribution in [1.82, 2.24) is 20.3 Å². The molecule has 3 N–H and O–H groups in total. The van der Waals surface area contributed by atoms with E-state index in [2.05, 4.69) is 32.1 Å². The quantitative estimate of drug-likeness (QED) is 0.780. The Labute approximate surface area is 175 Å². The Morgan fingerprint density at radius 1 is 1.17 bits per heavy atom. The SMILES string of the molecule is CC1(NC(=O)OC(C)(C)C)CCN(c2cnc(Sc3ccc(N)nc3)cn2)CC1. The Bertz CT molecular complexity index is 828. The van der Waals surface area contributed by atoms with Crippen LogP contribution in [0.1, 0.15) is 40.5 Å². The molecule has 0 bridgehead atoms. The van der Waals surface area contributed by atoms with Crippen LogP contribution in [0.15, 0.2) is 40.6 Å². The second kappa shape index (κ2) is 8.44. The lowest BCUT2D eigenvalue weighted by Crippen LogP contribution is -2.54. The summed E-state index contributed by atoms with van der Waals surface area (Å²) in [4.78, 5) is 28.4. The minimum atomic E-state index is -0.501. The van der Waals surface area contributed by atoms with Gasteiger partial charge in [-0.1, -0.05) is 11.8 Å². The molecule has 1 aliphatic rings. The van der Waals surface area contributed by atoms with Crippen LogP contribution in [-0.2, 0) is 4.74 Å². The first-order chi connectivity index (χ1) is 13.6. The molecule has 0 saturated carbocycles. The first-order valence-electron chi connectivity index (χ1n) is 9.59. The summed E-state index contributed by atoms with van der Waals surface area (Å²) in [5.41, 5.74) is 4.82. The molecular formula is C20H28N6O2S. The Morgan fingerprint density at radius 3 is 2.45 bits per heavy atom. The number of amides is 1. The third-order valence-electron chi connectivity index (χ3n) is 4.59. The number of nitrogens with two attached hydrogens (primary N) is 1. The van der Waals surface area contributed by atoms with Crippen molar-refractivity contribution >= 4 is 29.5 Å². The highest BCUT2D eigenvalue weighted by molar-refractivity contribution is 7.99. The summed E-state index contributed by atoms with van der Waals surface area (Å²) in [6.45, 7) is 9.22. The molecule has 156 valence electrons. The van der Waals surface area contributed by atoms with Crippen molar-refractivity contribution in [3.63, 3.8) is 0 Å². The van der Waals surface area contributed by atoms with Crippen molar-refractivity contribution in [2.75, 3.05) is 23.7 Å². The number of hydrogen-bond donors (Lipinski definition) is 2. The van der Waals surface area contributed by atoms with Gasteiger partial charge < -0.3 is 20.7 Å². The van der Waals surface area contributed by atoms with Gasteiger partial charge in [0.05, 0.1) is 12.4 Å². The Kier molecular flexibility index (Phi) is 6.16. The molecule has 2 aromatic rings. The third-order valence-corrected chi connectivity index (χ3v) is 5.49. The average molecular weight is 417 g/mol. The molecule has 1 amide bonds. The third kappa shape index (κ3) is 6.22. The van der Waals surface area contributed by atoms with E-state index in [1.54, 1.807) is 24.7 Å². The lowest BCUT2D eigenvalue weighted by molar-refractivity contribution is 0.0448. The molecule has 2 aromatic heterocycles. The smallest absolute Gasteiger partial charge is 0.408 e. The van der Waals surface area contributed by atoms with Gasteiger partial charge in [0, 0.05) is 29.7 Å². The van der Waals surface area contributed by atoms with E-state index in [-0.39, 0.29) is 11.6 Å². The summed E-state index contributed by atoms with van der Waals surface area (Å²) in [5.74, 6) is 1.33. The minimum absolute atomic E-state index is 0.287. The molecule has 3 heterocycles. The standard InChI is InChI=1S/C20H28N6O2S/c1-19(2,3)28-18(27)25-20(4)7-9-26(10-8-20)16-12-24-17(13-23-16)29-14-5-6-15(21)22-11-14/h5-6,11-13H,7-10H2,1-4H3,(H2,21,22)(H,25,27). The number of hydrogen-bond acceptors (Lipinski definition) is 8. The highest BCUT2D eigenvalue weighted by atomic mass is 32.2. The van der Waals surface area contributed by atoms with Gasteiger partial charge in [-0.25, -0.2) is 19.7 Å². The summed E-state index contributed by atoms with van der Waals surface area (Å²) in [6.07, 6.45) is 6.52. The van der Waals surface area contributed by atoms with Crippen LogP contribution in [0.5, 0.6) is 0 Å². The maximum absolute atomic E-state index is 12.1. The first-order valence-corrected chi connectivity index (χ1v) is 10.4. The lowest BCUT2D eigenvalue weighted by atomic mass is 9.90. The summed E-state index contributed by atoms with van der Waals surface area (Å²) >= 11 is 1.49. The molecular weight excluding hydrogens is 388 g/mol. The maximum atomic E-state index is 12.1. The second-order valence-electron chi connectivity index (χ2n) is 8.41. The number of alkyl carbamates (subject to hydrolysis) is 1. The van der Waals surface area contributed by atoms with Crippen LogP contribution in [0, 0.1) is 0 Å². The van der Waals surface area contributed by atoms with E-state index in [4.69, 9.17) is 10.5 Å². The molecule has 0 spiro atoms. The molecule has 3 rings (SSSR count). The number of nitrogens with one attached hydrogen (secondary N) is 1. The molecule has 1 saturated heterocycles. The van der Waals surface area contributed by atoms with Crippen LogP contribution in [-0.4, -0.2) is 45.3 Å². The highest BCUT2D eigenvalue weighted by Crippen LogP contribution is 2.28. The van der Waals surface area contributed by atoms with Gasteiger partial charge in [-0.15, -0.1) is 0 Å². The molecule has 0 aliphatic carbocycles. The van der Waals surface area contributed by atoms with Gasteiger partial charge in [-0.05, 0) is 52.7 Å². The largest absolute Gasteiger partial charge is 0.444 e. The predicted molar refractivity (Wildman–Crippen MR) is 114 cm³/mol. The molecule has 1 fully saturated rings. The van der Waals surface area contributed by atoms with Gasteiger partial charge in [0.15, 0.2) is 0 Å². The average Bonchev–Trinajstić information content (AvgIpc) is 2.63. The van der Waals surface area contributed by atoms with Crippen LogP contribution in [0.4, 0.5) is 16.4 Å². The number of carbonyl (C=O) groups is 1. The van der Waals surface area contributed by atoms with Crippen LogP contribution < -0.4 is 16.0 Å². The summed E-state index contributed by atoms with van der Waals surface area (Å²) < 4.78 is 5.39. The second-order valence-corrected chi connectivity index (χ2v) is 9.50. The van der Waals surface area contributed by atoms with E-state index in [1.165, 1.54) is 11.8 Å². The van der Waals surface area contributed by atoms with Gasteiger partial charge in [-0.3, -0.25) is 0 Å². The van der Waals surface area contributed by atoms with Crippen LogP contribution in [0.3, 0.4) is 0 Å². The first kappa shape index (κ1) is 21.2. The monoisotopic (exact) mass is 416 g/mol. The molecule has 1 aliphatic heterocycles. The van der Waals surface area contributed by atoms with E-state index in [0.717, 1.165) is 41.7 Å². The van der Waals surface area contributed by atoms with Crippen molar-refractivity contribution in [3.8, 4) is 0 Å². The van der Waals surface area contributed by atoms with Gasteiger partial charge in [-0.2, -0.15) is 0 Å². The fourth-order valence-electron chi connectivity index (χ4n) is 3.00. The zero-order chi connectivity index (χ0) is 21.1. The number of ether oxygens (including phenoxy) is 1. The number of nitrogen functional groups attached to an aromatic ring is 1. The summed E-state index contributed by atoms with van der Waals surface area (Å²) in [5, 5.41) is 3.82. The van der Waals surface area contributed by atoms with Crippen LogP contribution in [0.2, 0.25) is 0 Å². The van der Waals surface area contributed by atoms with Crippen molar-refractivity contribution < 1.29 is 9.53 Å².